The molecule has 0 saturated heterocycles. The van der Waals surface area contributed by atoms with Crippen LogP contribution in [0, 0.1) is 17.7 Å². The van der Waals surface area contributed by atoms with Gasteiger partial charge in [-0.3, -0.25) is 14.4 Å². The predicted octanol–water partition coefficient (Wildman–Crippen LogP) is 4.54. The van der Waals surface area contributed by atoms with Crippen molar-refractivity contribution >= 4 is 25.8 Å². The van der Waals surface area contributed by atoms with Crippen LogP contribution in [-0.4, -0.2) is 37.5 Å². The van der Waals surface area contributed by atoms with Gasteiger partial charge in [-0.2, -0.15) is 0 Å². The van der Waals surface area contributed by atoms with Crippen LogP contribution in [0.1, 0.15) is 34.9 Å². The molecule has 3 aliphatic rings. The second kappa shape index (κ2) is 9.33. The van der Waals surface area contributed by atoms with Gasteiger partial charge in [-0.05, 0) is 47.0 Å². The van der Waals surface area contributed by atoms with Crippen LogP contribution >= 0.6 is 0 Å². The van der Waals surface area contributed by atoms with Crippen LogP contribution in [0.25, 0.3) is 0 Å². The number of phenolic OH excluding ortho intramolecular Hbond substituents is 1. The molecule has 1 saturated carbocycles. The number of hydrogen-bond acceptors (Lipinski definition) is 6. The first kappa shape index (κ1) is 24.1. The van der Waals surface area contributed by atoms with E-state index in [1.54, 1.807) is 12.1 Å². The molecule has 4 atom stereocenters. The Hall–Kier alpha value is -3.00. The number of carbonyl (C=O) groups is 3. The van der Waals surface area contributed by atoms with Gasteiger partial charge >= 0.3 is 11.9 Å². The van der Waals surface area contributed by atoms with Gasteiger partial charge < -0.3 is 14.6 Å². The van der Waals surface area contributed by atoms with Gasteiger partial charge in [0.15, 0.2) is 0 Å². The van der Waals surface area contributed by atoms with E-state index in [9.17, 15) is 23.9 Å². The minimum absolute atomic E-state index is 0.0137. The van der Waals surface area contributed by atoms with Crippen molar-refractivity contribution < 1.29 is 33.4 Å². The Morgan fingerprint density at radius 1 is 1.03 bits per heavy atom. The van der Waals surface area contributed by atoms with Gasteiger partial charge in [0.2, 0.25) is 0 Å². The first-order chi connectivity index (χ1) is 16.0. The van der Waals surface area contributed by atoms with Crippen LogP contribution in [0.3, 0.4) is 0 Å². The highest BCUT2D eigenvalue weighted by Gasteiger charge is 2.57. The lowest BCUT2D eigenvalue weighted by Crippen LogP contribution is -2.50. The highest BCUT2D eigenvalue weighted by Crippen LogP contribution is 2.55. The third kappa shape index (κ3) is 4.92. The van der Waals surface area contributed by atoms with Gasteiger partial charge in [-0.15, -0.1) is 0 Å². The molecule has 0 spiro atoms. The fraction of sp³-hybridized carbons (Fsp3) is 0.423. The lowest BCUT2D eigenvalue weighted by atomic mass is 9.55. The summed E-state index contributed by atoms with van der Waals surface area (Å²) in [5, 5.41) is 10.0. The number of esters is 2. The molecule has 1 fully saturated rings. The molecule has 180 valence electrons. The quantitative estimate of drug-likeness (QED) is 0.458. The number of ketones is 1. The number of ether oxygens (including phenoxy) is 2. The summed E-state index contributed by atoms with van der Waals surface area (Å²) in [4.78, 5) is 39.6. The van der Waals surface area contributed by atoms with E-state index in [2.05, 4.69) is 19.6 Å². The molecule has 0 unspecified atom stereocenters. The molecule has 8 heteroatoms. The Morgan fingerprint density at radius 3 is 2.47 bits per heavy atom. The zero-order chi connectivity index (χ0) is 24.6. The lowest BCUT2D eigenvalue weighted by molar-refractivity contribution is -0.168. The van der Waals surface area contributed by atoms with Gasteiger partial charge in [-0.1, -0.05) is 37.8 Å². The van der Waals surface area contributed by atoms with E-state index >= 15 is 0 Å². The van der Waals surface area contributed by atoms with Gasteiger partial charge in [0, 0.05) is 20.4 Å². The second-order valence-corrected chi connectivity index (χ2v) is 16.0. The van der Waals surface area contributed by atoms with Crippen molar-refractivity contribution in [2.45, 2.75) is 50.5 Å². The molecule has 1 N–H and O–H groups in total. The zero-order valence-electron chi connectivity index (χ0n) is 19.5. The molecule has 0 heterocycles. The maximum absolute atomic E-state index is 13.5. The van der Waals surface area contributed by atoms with Crippen molar-refractivity contribution in [3.05, 3.63) is 65.0 Å². The number of aromatic hydroxyl groups is 1. The number of fused-ring (bicyclic) bond motifs is 2. The summed E-state index contributed by atoms with van der Waals surface area (Å²) >= 11 is 0. The van der Waals surface area contributed by atoms with Gasteiger partial charge in [0.1, 0.15) is 24.0 Å². The summed E-state index contributed by atoms with van der Waals surface area (Å²) in [7, 11) is -1.44. The third-order valence-corrected chi connectivity index (χ3v) is 8.37. The minimum atomic E-state index is -1.44. The summed E-state index contributed by atoms with van der Waals surface area (Å²) in [6, 6.07) is 11.2. The highest BCUT2D eigenvalue weighted by atomic mass is 28.3. The topological polar surface area (TPSA) is 89.9 Å². The molecule has 5 rings (SSSR count). The van der Waals surface area contributed by atoms with Crippen LogP contribution in [-0.2, 0) is 30.5 Å². The third-order valence-electron chi connectivity index (χ3n) is 6.66. The Labute approximate surface area is 199 Å². The van der Waals surface area contributed by atoms with E-state index in [0.29, 0.717) is 11.1 Å². The molecule has 2 bridgehead atoms. The molecule has 0 aromatic heterocycles. The molecule has 0 aliphatic heterocycles. The largest absolute Gasteiger partial charge is 0.508 e. The number of rotatable bonds is 7. The normalized spacial score (nSPS) is 23.4. The van der Waals surface area contributed by atoms with E-state index in [1.165, 1.54) is 30.3 Å². The van der Waals surface area contributed by atoms with Gasteiger partial charge in [0.05, 0.1) is 24.4 Å². The molecular formula is C26H29FO6Si. The van der Waals surface area contributed by atoms with E-state index in [1.807, 2.05) is 0 Å². The second-order valence-electron chi connectivity index (χ2n) is 10.3. The number of phenols is 1. The van der Waals surface area contributed by atoms with E-state index in [-0.39, 0.29) is 31.2 Å². The Morgan fingerprint density at radius 2 is 1.76 bits per heavy atom. The molecule has 6 nitrogen and oxygen atoms in total. The van der Waals surface area contributed by atoms with Crippen LogP contribution in [0.15, 0.2) is 42.5 Å². The van der Waals surface area contributed by atoms with Crippen molar-refractivity contribution in [3.63, 3.8) is 0 Å². The SMILES string of the molecule is C[Si](C)(C)CCOC(=O)[C@H]1[C@H](C(=O)OCc2cccc(F)c2)[C@H]2C(=O)C[C@@H]1c1ccc(O)cc12. The molecular weight excluding hydrogens is 455 g/mol. The van der Waals surface area contributed by atoms with E-state index in [0.717, 1.165) is 11.6 Å². The van der Waals surface area contributed by atoms with Crippen LogP contribution in [0.2, 0.25) is 25.7 Å². The number of hydrogen-bond donors (Lipinski definition) is 1. The first-order valence-electron chi connectivity index (χ1n) is 11.5. The van der Waals surface area contributed by atoms with E-state index < -0.39 is 49.5 Å². The maximum atomic E-state index is 13.5. The van der Waals surface area contributed by atoms with Gasteiger partial charge in [-0.25, -0.2) is 4.39 Å². The summed E-state index contributed by atoms with van der Waals surface area (Å²) in [6.45, 7) is 6.62. The van der Waals surface area contributed by atoms with Crippen LogP contribution in [0.5, 0.6) is 5.75 Å². The molecule has 2 aromatic carbocycles. The van der Waals surface area contributed by atoms with Crippen LogP contribution < -0.4 is 0 Å². The maximum Gasteiger partial charge on any atom is 0.311 e. The average Bonchev–Trinajstić information content (AvgIpc) is 2.76. The summed E-state index contributed by atoms with van der Waals surface area (Å²) < 4.78 is 24.6. The number of Topliss-reactive ketones (excluding diaryl/α,β-unsaturated/α-hetero) is 1. The lowest BCUT2D eigenvalue weighted by Gasteiger charge is -2.46. The summed E-state index contributed by atoms with van der Waals surface area (Å²) in [6.07, 6.45) is 0.129. The zero-order valence-corrected chi connectivity index (χ0v) is 20.5. The molecule has 2 aromatic rings. The van der Waals surface area contributed by atoms with Crippen molar-refractivity contribution in [1.82, 2.24) is 0 Å². The molecule has 0 amide bonds. The van der Waals surface area contributed by atoms with Crippen molar-refractivity contribution in [2.75, 3.05) is 6.61 Å². The van der Waals surface area contributed by atoms with E-state index in [4.69, 9.17) is 9.47 Å². The summed E-state index contributed by atoms with van der Waals surface area (Å²) in [5.74, 6) is -5.19. The average molecular weight is 485 g/mol. The molecule has 0 radical (unpaired) electrons. The smallest absolute Gasteiger partial charge is 0.311 e. The van der Waals surface area contributed by atoms with Crippen molar-refractivity contribution in [1.29, 1.82) is 0 Å². The Balaban J connectivity index is 1.63. The minimum Gasteiger partial charge on any atom is -0.508 e. The number of benzene rings is 2. The Kier molecular flexibility index (Phi) is 6.62. The first-order valence-corrected chi connectivity index (χ1v) is 15.2. The predicted molar refractivity (Wildman–Crippen MR) is 126 cm³/mol. The standard InChI is InChI=1S/C26H29FO6Si/c1-34(2,3)10-9-32-25(30)23-20-13-21(29)22(19-12-17(28)7-8-18(19)20)24(23)26(31)33-14-15-5-4-6-16(27)11-15/h4-8,11-12,20,22-24,28H,9-10,13-14H2,1-3H3/t20-,22-,23-,24-/m1/s1. The van der Waals surface area contributed by atoms with Crippen molar-refractivity contribution in [3.8, 4) is 5.75 Å². The molecule has 3 aliphatic carbocycles. The van der Waals surface area contributed by atoms with Crippen LogP contribution in [0.4, 0.5) is 4.39 Å². The van der Waals surface area contributed by atoms with Gasteiger partial charge in [0.25, 0.3) is 0 Å². The fourth-order valence-electron chi connectivity index (χ4n) is 4.99. The number of halogens is 1. The highest BCUT2D eigenvalue weighted by molar-refractivity contribution is 6.76. The fourth-order valence-corrected chi connectivity index (χ4v) is 5.71. The van der Waals surface area contributed by atoms with Crippen molar-refractivity contribution in [2.24, 2.45) is 11.8 Å². The molecule has 34 heavy (non-hydrogen) atoms. The monoisotopic (exact) mass is 484 g/mol. The summed E-state index contributed by atoms with van der Waals surface area (Å²) in [5.41, 5.74) is 1.80. The Bertz CT molecular complexity index is 1120. The number of carbonyl (C=O) groups excluding carboxylic acids is 3.